The molecule has 0 unspecified atom stereocenters. The zero-order valence-corrected chi connectivity index (χ0v) is 12.8. The molecule has 1 N–H and O–H groups in total. The Bertz CT molecular complexity index is 524. The summed E-state index contributed by atoms with van der Waals surface area (Å²) in [5.74, 6) is 1.34. The van der Waals surface area contributed by atoms with Crippen molar-refractivity contribution in [2.45, 2.75) is 13.8 Å². The number of nitrogens with one attached hydrogen (secondary N) is 1. The zero-order valence-electron chi connectivity index (χ0n) is 12.8. The van der Waals surface area contributed by atoms with Crippen molar-refractivity contribution in [2.24, 2.45) is 5.92 Å². The second kappa shape index (κ2) is 5.93. The fourth-order valence-electron chi connectivity index (χ4n) is 2.94. The van der Waals surface area contributed by atoms with E-state index in [0.717, 1.165) is 49.8 Å². The lowest BCUT2D eigenvalue weighted by Crippen LogP contribution is -2.45. The Hall–Kier alpha value is -1.75. The van der Waals surface area contributed by atoms with E-state index in [1.54, 1.807) is 0 Å². The van der Waals surface area contributed by atoms with Crippen molar-refractivity contribution in [2.75, 3.05) is 49.1 Å². The number of anilines is 2. The minimum Gasteiger partial charge on any atom is -0.479 e. The third kappa shape index (κ3) is 2.83. The van der Waals surface area contributed by atoms with E-state index in [-0.39, 0.29) is 12.5 Å². The highest BCUT2D eigenvalue weighted by atomic mass is 16.5. The van der Waals surface area contributed by atoms with E-state index >= 15 is 0 Å². The molecule has 114 valence electrons. The number of amides is 1. The molecule has 0 aliphatic carbocycles. The van der Waals surface area contributed by atoms with Crippen molar-refractivity contribution < 1.29 is 9.53 Å². The topological polar surface area (TPSA) is 44.8 Å². The van der Waals surface area contributed by atoms with E-state index in [1.165, 1.54) is 0 Å². The van der Waals surface area contributed by atoms with Crippen molar-refractivity contribution in [1.29, 1.82) is 0 Å². The van der Waals surface area contributed by atoms with Gasteiger partial charge in [-0.15, -0.1) is 0 Å². The van der Waals surface area contributed by atoms with Crippen LogP contribution in [0.15, 0.2) is 18.2 Å². The number of ether oxygens (including phenoxy) is 1. The summed E-state index contributed by atoms with van der Waals surface area (Å²) < 4.78 is 5.78. The summed E-state index contributed by atoms with van der Waals surface area (Å²) in [6.07, 6.45) is 0. The first-order valence-electron chi connectivity index (χ1n) is 7.68. The van der Waals surface area contributed by atoms with Gasteiger partial charge in [0.2, 0.25) is 0 Å². The van der Waals surface area contributed by atoms with E-state index in [4.69, 9.17) is 4.74 Å². The number of hydrogen-bond donors (Lipinski definition) is 1. The third-order valence-corrected chi connectivity index (χ3v) is 3.91. The molecule has 5 nitrogen and oxygen atoms in total. The second-order valence-corrected chi connectivity index (χ2v) is 6.05. The molecular formula is C16H23N3O2. The smallest absolute Gasteiger partial charge is 0.265 e. The molecule has 0 atom stereocenters. The van der Waals surface area contributed by atoms with Crippen LogP contribution in [-0.4, -0.2) is 45.2 Å². The summed E-state index contributed by atoms with van der Waals surface area (Å²) in [5, 5.41) is 3.36. The molecule has 0 spiro atoms. The number of carbonyl (C=O) groups excluding carboxylic acids is 1. The molecule has 0 aromatic heterocycles. The van der Waals surface area contributed by atoms with Gasteiger partial charge in [-0.2, -0.15) is 0 Å². The molecule has 2 aliphatic heterocycles. The van der Waals surface area contributed by atoms with Crippen LogP contribution in [0.3, 0.4) is 0 Å². The molecule has 2 aliphatic rings. The van der Waals surface area contributed by atoms with Gasteiger partial charge in [0.05, 0.1) is 11.4 Å². The Labute approximate surface area is 125 Å². The lowest BCUT2D eigenvalue weighted by molar-refractivity contribution is -0.121. The molecule has 21 heavy (non-hydrogen) atoms. The highest BCUT2D eigenvalue weighted by molar-refractivity contribution is 5.99. The first-order valence-corrected chi connectivity index (χ1v) is 7.68. The minimum absolute atomic E-state index is 0.0497. The number of rotatable bonds is 3. The van der Waals surface area contributed by atoms with Gasteiger partial charge in [0, 0.05) is 32.7 Å². The minimum atomic E-state index is 0.0497. The summed E-state index contributed by atoms with van der Waals surface area (Å²) >= 11 is 0. The van der Waals surface area contributed by atoms with Crippen molar-refractivity contribution in [3.05, 3.63) is 18.2 Å². The average molecular weight is 289 g/mol. The van der Waals surface area contributed by atoms with E-state index in [1.807, 2.05) is 17.0 Å². The van der Waals surface area contributed by atoms with E-state index < -0.39 is 0 Å². The zero-order chi connectivity index (χ0) is 14.8. The molecule has 1 fully saturated rings. The van der Waals surface area contributed by atoms with Crippen LogP contribution in [0.5, 0.6) is 5.75 Å². The predicted molar refractivity (Wildman–Crippen MR) is 84.2 cm³/mol. The van der Waals surface area contributed by atoms with E-state index in [2.05, 4.69) is 30.1 Å². The normalized spacial score (nSPS) is 18.7. The number of para-hydroxylation sites is 1. The molecule has 0 radical (unpaired) electrons. The monoisotopic (exact) mass is 289 g/mol. The highest BCUT2D eigenvalue weighted by Gasteiger charge is 2.29. The van der Waals surface area contributed by atoms with Gasteiger partial charge in [-0.3, -0.25) is 4.79 Å². The SMILES string of the molecule is CC(C)CN1C(=O)COc2c(N3CCNCC3)cccc21. The van der Waals surface area contributed by atoms with Crippen molar-refractivity contribution in [1.82, 2.24) is 5.32 Å². The molecular weight excluding hydrogens is 266 g/mol. The van der Waals surface area contributed by atoms with Crippen LogP contribution in [0.25, 0.3) is 0 Å². The van der Waals surface area contributed by atoms with Gasteiger partial charge < -0.3 is 19.9 Å². The van der Waals surface area contributed by atoms with Crippen molar-refractivity contribution in [3.63, 3.8) is 0 Å². The fraction of sp³-hybridized carbons (Fsp3) is 0.562. The van der Waals surface area contributed by atoms with Gasteiger partial charge in [0.15, 0.2) is 12.4 Å². The van der Waals surface area contributed by atoms with Crippen molar-refractivity contribution in [3.8, 4) is 5.75 Å². The lowest BCUT2D eigenvalue weighted by Gasteiger charge is -2.36. The van der Waals surface area contributed by atoms with E-state index in [0.29, 0.717) is 5.92 Å². The Morgan fingerprint density at radius 2 is 1.95 bits per heavy atom. The molecule has 0 saturated carbocycles. The van der Waals surface area contributed by atoms with E-state index in [9.17, 15) is 4.79 Å². The highest BCUT2D eigenvalue weighted by Crippen LogP contribution is 2.40. The van der Waals surface area contributed by atoms with Crippen LogP contribution in [-0.2, 0) is 4.79 Å². The van der Waals surface area contributed by atoms with Gasteiger partial charge in [-0.25, -0.2) is 0 Å². The summed E-state index contributed by atoms with van der Waals surface area (Å²) in [5.41, 5.74) is 2.02. The fourth-order valence-corrected chi connectivity index (χ4v) is 2.94. The predicted octanol–water partition coefficient (Wildman–Crippen LogP) is 1.48. The molecule has 1 amide bonds. The maximum atomic E-state index is 12.2. The number of carbonyl (C=O) groups is 1. The quantitative estimate of drug-likeness (QED) is 0.915. The Kier molecular flexibility index (Phi) is 4.01. The number of benzene rings is 1. The number of piperazine rings is 1. The van der Waals surface area contributed by atoms with Gasteiger partial charge in [-0.05, 0) is 18.1 Å². The Morgan fingerprint density at radius 1 is 1.24 bits per heavy atom. The van der Waals surface area contributed by atoms with Crippen LogP contribution in [0.1, 0.15) is 13.8 Å². The maximum absolute atomic E-state index is 12.2. The maximum Gasteiger partial charge on any atom is 0.265 e. The summed E-state index contributed by atoms with van der Waals surface area (Å²) in [6, 6.07) is 6.10. The van der Waals surface area contributed by atoms with Gasteiger partial charge >= 0.3 is 0 Å². The molecule has 2 heterocycles. The first kappa shape index (κ1) is 14.2. The van der Waals surface area contributed by atoms with Crippen LogP contribution < -0.4 is 19.9 Å². The summed E-state index contributed by atoms with van der Waals surface area (Å²) in [4.78, 5) is 16.4. The number of hydrogen-bond acceptors (Lipinski definition) is 4. The van der Waals surface area contributed by atoms with Crippen LogP contribution in [0.4, 0.5) is 11.4 Å². The molecule has 1 saturated heterocycles. The summed E-state index contributed by atoms with van der Waals surface area (Å²) in [6.45, 7) is 9.04. The first-order chi connectivity index (χ1) is 10.2. The van der Waals surface area contributed by atoms with Crippen LogP contribution >= 0.6 is 0 Å². The second-order valence-electron chi connectivity index (χ2n) is 6.05. The molecule has 5 heteroatoms. The molecule has 3 rings (SSSR count). The molecule has 1 aromatic rings. The summed E-state index contributed by atoms with van der Waals surface area (Å²) in [7, 11) is 0. The van der Waals surface area contributed by atoms with Crippen LogP contribution in [0.2, 0.25) is 0 Å². The average Bonchev–Trinajstić information content (AvgIpc) is 2.50. The number of nitrogens with zero attached hydrogens (tertiary/aromatic N) is 2. The van der Waals surface area contributed by atoms with Gasteiger partial charge in [-0.1, -0.05) is 19.9 Å². The van der Waals surface area contributed by atoms with Crippen molar-refractivity contribution >= 4 is 17.3 Å². The largest absolute Gasteiger partial charge is 0.479 e. The Morgan fingerprint density at radius 3 is 2.67 bits per heavy atom. The lowest BCUT2D eigenvalue weighted by atomic mass is 10.1. The number of fused-ring (bicyclic) bond motifs is 1. The molecule has 0 bridgehead atoms. The Balaban J connectivity index is 1.95. The third-order valence-electron chi connectivity index (χ3n) is 3.91. The standard InChI is InChI=1S/C16H23N3O2/c1-12(2)10-19-14-5-3-4-13(16(14)21-11-15(19)20)18-8-6-17-7-9-18/h3-5,12,17H,6-11H2,1-2H3. The van der Waals surface area contributed by atoms with Crippen LogP contribution in [0, 0.1) is 5.92 Å². The van der Waals surface area contributed by atoms with Gasteiger partial charge in [0.1, 0.15) is 0 Å². The van der Waals surface area contributed by atoms with Gasteiger partial charge in [0.25, 0.3) is 5.91 Å². The molecule has 1 aromatic carbocycles.